The molecule has 0 saturated heterocycles. The molecule has 9 heteroatoms. The Labute approximate surface area is 206 Å². The number of carbonyl (C=O) groups excluding carboxylic acids is 1. The molecule has 0 spiro atoms. The Morgan fingerprint density at radius 2 is 2.03 bits per heavy atom. The van der Waals surface area contributed by atoms with Crippen LogP contribution in [0.25, 0.3) is 11.3 Å². The number of rotatable bonds is 7. The fourth-order valence-electron chi connectivity index (χ4n) is 3.59. The molecule has 0 bridgehead atoms. The van der Waals surface area contributed by atoms with Crippen LogP contribution in [0, 0.1) is 0 Å². The summed E-state index contributed by atoms with van der Waals surface area (Å²) in [6.07, 6.45) is 1.38. The van der Waals surface area contributed by atoms with E-state index in [1.807, 2.05) is 49.4 Å². The van der Waals surface area contributed by atoms with E-state index in [-0.39, 0.29) is 5.91 Å². The first-order valence-corrected chi connectivity index (χ1v) is 12.7. The van der Waals surface area contributed by atoms with E-state index in [0.29, 0.717) is 34.8 Å². The SMILES string of the molecule is CCCCSc1nnc2c(n1)O[C@H](c1cc(OCC)ccc1Br)N(C(C)=O)c1ccccc1-2. The van der Waals surface area contributed by atoms with Crippen LogP contribution < -0.4 is 14.4 Å². The Kier molecular flexibility index (Phi) is 7.49. The predicted molar refractivity (Wildman–Crippen MR) is 133 cm³/mol. The van der Waals surface area contributed by atoms with Gasteiger partial charge in [-0.15, -0.1) is 10.2 Å². The number of nitrogens with zero attached hydrogens (tertiary/aromatic N) is 4. The minimum absolute atomic E-state index is 0.167. The molecule has 0 aliphatic carbocycles. The van der Waals surface area contributed by atoms with Gasteiger partial charge in [0.05, 0.1) is 12.3 Å². The number of para-hydroxylation sites is 1. The maximum atomic E-state index is 13.0. The van der Waals surface area contributed by atoms with Crippen molar-refractivity contribution in [3.63, 3.8) is 0 Å². The number of hydrogen-bond acceptors (Lipinski definition) is 7. The van der Waals surface area contributed by atoms with Crippen molar-refractivity contribution in [1.29, 1.82) is 0 Å². The smallest absolute Gasteiger partial charge is 0.247 e. The molecule has 1 aliphatic rings. The molecule has 0 radical (unpaired) electrons. The molecule has 2 heterocycles. The van der Waals surface area contributed by atoms with Crippen molar-refractivity contribution in [2.75, 3.05) is 17.3 Å². The van der Waals surface area contributed by atoms with Crippen LogP contribution in [0.2, 0.25) is 0 Å². The first-order valence-electron chi connectivity index (χ1n) is 10.9. The van der Waals surface area contributed by atoms with Crippen molar-refractivity contribution in [2.24, 2.45) is 0 Å². The zero-order chi connectivity index (χ0) is 23.4. The lowest BCUT2D eigenvalue weighted by molar-refractivity contribution is -0.118. The van der Waals surface area contributed by atoms with Gasteiger partial charge in [0, 0.05) is 28.3 Å². The summed E-state index contributed by atoms with van der Waals surface area (Å²) in [5.41, 5.74) is 2.69. The number of carbonyl (C=O) groups is 1. The van der Waals surface area contributed by atoms with Gasteiger partial charge in [-0.3, -0.25) is 9.69 Å². The number of benzene rings is 2. The van der Waals surface area contributed by atoms with E-state index in [0.717, 1.165) is 34.2 Å². The van der Waals surface area contributed by atoms with Crippen molar-refractivity contribution in [3.05, 3.63) is 52.5 Å². The van der Waals surface area contributed by atoms with E-state index in [1.165, 1.54) is 6.92 Å². The number of halogens is 1. The van der Waals surface area contributed by atoms with E-state index in [1.54, 1.807) is 16.7 Å². The van der Waals surface area contributed by atoms with Gasteiger partial charge >= 0.3 is 0 Å². The summed E-state index contributed by atoms with van der Waals surface area (Å²) < 4.78 is 13.0. The van der Waals surface area contributed by atoms with Gasteiger partial charge in [-0.2, -0.15) is 4.98 Å². The average Bonchev–Trinajstić information content (AvgIpc) is 2.95. The summed E-state index contributed by atoms with van der Waals surface area (Å²) in [5, 5.41) is 9.33. The lowest BCUT2D eigenvalue weighted by atomic mass is 10.1. The van der Waals surface area contributed by atoms with E-state index in [9.17, 15) is 4.79 Å². The van der Waals surface area contributed by atoms with Gasteiger partial charge in [0.1, 0.15) is 5.75 Å². The quantitative estimate of drug-likeness (QED) is 0.273. The molecule has 1 atom stereocenters. The summed E-state index contributed by atoms with van der Waals surface area (Å²) in [6, 6.07) is 13.2. The molecule has 0 saturated carbocycles. The number of ether oxygens (including phenoxy) is 2. The average molecular weight is 529 g/mol. The monoisotopic (exact) mass is 528 g/mol. The van der Waals surface area contributed by atoms with Gasteiger partial charge in [-0.05, 0) is 37.6 Å². The van der Waals surface area contributed by atoms with Crippen molar-refractivity contribution < 1.29 is 14.3 Å². The fraction of sp³-hybridized carbons (Fsp3) is 0.333. The maximum absolute atomic E-state index is 13.0. The number of amides is 1. The van der Waals surface area contributed by atoms with Crippen LogP contribution in [-0.2, 0) is 4.79 Å². The lowest BCUT2D eigenvalue weighted by Gasteiger charge is -2.30. The van der Waals surface area contributed by atoms with Gasteiger partial charge < -0.3 is 9.47 Å². The van der Waals surface area contributed by atoms with Crippen LogP contribution in [0.3, 0.4) is 0 Å². The number of hydrogen-bond donors (Lipinski definition) is 0. The van der Waals surface area contributed by atoms with Crippen molar-refractivity contribution >= 4 is 39.3 Å². The number of aromatic nitrogens is 3. The summed E-state index contributed by atoms with van der Waals surface area (Å²) >= 11 is 5.18. The Morgan fingerprint density at radius 1 is 1.21 bits per heavy atom. The minimum Gasteiger partial charge on any atom is -0.494 e. The molecule has 1 aliphatic heterocycles. The molecule has 0 N–H and O–H groups in total. The van der Waals surface area contributed by atoms with Crippen LogP contribution >= 0.6 is 27.7 Å². The largest absolute Gasteiger partial charge is 0.494 e. The van der Waals surface area contributed by atoms with Gasteiger partial charge in [0.25, 0.3) is 0 Å². The first-order chi connectivity index (χ1) is 16.0. The van der Waals surface area contributed by atoms with Crippen molar-refractivity contribution in [2.45, 2.75) is 45.0 Å². The molecule has 4 rings (SSSR count). The molecule has 0 unspecified atom stereocenters. The predicted octanol–water partition coefficient (Wildman–Crippen LogP) is 6.04. The van der Waals surface area contributed by atoms with Crippen molar-refractivity contribution in [3.8, 4) is 22.9 Å². The first kappa shape index (κ1) is 23.5. The maximum Gasteiger partial charge on any atom is 0.247 e. The molecule has 172 valence electrons. The minimum atomic E-state index is -0.773. The van der Waals surface area contributed by atoms with Crippen molar-refractivity contribution in [1.82, 2.24) is 15.2 Å². The highest BCUT2D eigenvalue weighted by Gasteiger charge is 2.35. The number of fused-ring (bicyclic) bond motifs is 3. The normalized spacial score (nSPS) is 14.7. The molecule has 1 amide bonds. The third-order valence-electron chi connectivity index (χ3n) is 5.12. The van der Waals surface area contributed by atoms with Gasteiger partial charge in [0.2, 0.25) is 23.2 Å². The van der Waals surface area contributed by atoms with Gasteiger partial charge in [-0.25, -0.2) is 0 Å². The second-order valence-electron chi connectivity index (χ2n) is 7.44. The van der Waals surface area contributed by atoms with E-state index in [2.05, 4.69) is 38.0 Å². The van der Waals surface area contributed by atoms with E-state index in [4.69, 9.17) is 9.47 Å². The zero-order valence-electron chi connectivity index (χ0n) is 18.7. The van der Waals surface area contributed by atoms with Crippen LogP contribution in [0.1, 0.15) is 45.4 Å². The third-order valence-corrected chi connectivity index (χ3v) is 6.77. The van der Waals surface area contributed by atoms with E-state index < -0.39 is 6.23 Å². The molecular weight excluding hydrogens is 504 g/mol. The lowest BCUT2D eigenvalue weighted by Crippen LogP contribution is -2.36. The number of thioether (sulfide) groups is 1. The Balaban J connectivity index is 1.87. The van der Waals surface area contributed by atoms with Crippen LogP contribution in [0.4, 0.5) is 5.69 Å². The fourth-order valence-corrected chi connectivity index (χ4v) is 4.90. The summed E-state index contributed by atoms with van der Waals surface area (Å²) in [6.45, 7) is 6.13. The number of unbranched alkanes of at least 4 members (excludes halogenated alkanes) is 1. The van der Waals surface area contributed by atoms with Gasteiger partial charge in [0.15, 0.2) is 5.69 Å². The molecule has 3 aromatic rings. The van der Waals surface area contributed by atoms with Crippen LogP contribution in [0.5, 0.6) is 11.6 Å². The van der Waals surface area contributed by atoms with E-state index >= 15 is 0 Å². The summed E-state index contributed by atoms with van der Waals surface area (Å²) in [7, 11) is 0. The Hall–Kier alpha value is -2.65. The highest BCUT2D eigenvalue weighted by atomic mass is 79.9. The topological polar surface area (TPSA) is 77.4 Å². The molecular formula is C24H25BrN4O3S. The van der Waals surface area contributed by atoms with Crippen LogP contribution in [-0.4, -0.2) is 33.4 Å². The third kappa shape index (κ3) is 4.99. The van der Waals surface area contributed by atoms with Crippen LogP contribution in [0.15, 0.2) is 52.1 Å². The zero-order valence-corrected chi connectivity index (χ0v) is 21.1. The standard InChI is InChI=1S/C24H25BrN4O3S/c1-4-6-13-33-24-26-22-21(27-28-24)17-9-7-8-10-20(17)29(15(3)30)23(32-22)18-14-16(31-5-2)11-12-19(18)25/h7-12,14,23H,4-6,13H2,1-3H3/t23-/m1/s1. The second kappa shape index (κ2) is 10.5. The molecule has 2 aromatic carbocycles. The van der Waals surface area contributed by atoms with Gasteiger partial charge in [-0.1, -0.05) is 59.2 Å². The summed E-state index contributed by atoms with van der Waals surface area (Å²) in [5.74, 6) is 1.77. The molecule has 1 aromatic heterocycles. The highest BCUT2D eigenvalue weighted by Crippen LogP contribution is 2.45. The number of anilines is 1. The highest BCUT2D eigenvalue weighted by molar-refractivity contribution is 9.10. The molecule has 33 heavy (non-hydrogen) atoms. The Bertz CT molecular complexity index is 1160. The second-order valence-corrected chi connectivity index (χ2v) is 9.36. The summed E-state index contributed by atoms with van der Waals surface area (Å²) in [4.78, 5) is 19.3. The molecule has 0 fully saturated rings. The Morgan fingerprint density at radius 3 is 2.79 bits per heavy atom. The molecule has 7 nitrogen and oxygen atoms in total.